The van der Waals surface area contributed by atoms with Crippen molar-refractivity contribution in [3.63, 3.8) is 0 Å². The fourth-order valence-corrected chi connectivity index (χ4v) is 1.15. The van der Waals surface area contributed by atoms with Gasteiger partial charge in [-0.15, -0.1) is 0 Å². The molecule has 1 N–H and O–H groups in total. The third-order valence-electron chi connectivity index (χ3n) is 2.00. The molecule has 5 nitrogen and oxygen atoms in total. The molecule has 0 heterocycles. The van der Waals surface area contributed by atoms with Crippen LogP contribution in [0.4, 0.5) is 4.39 Å². The summed E-state index contributed by atoms with van der Waals surface area (Å²) >= 11 is 0. The van der Waals surface area contributed by atoms with Gasteiger partial charge in [0.2, 0.25) is 0 Å². The number of hydrogen-bond acceptors (Lipinski definition) is 4. The minimum Gasteiger partial charge on any atom is -0.461 e. The van der Waals surface area contributed by atoms with Gasteiger partial charge in [0.25, 0.3) is 5.91 Å². The highest BCUT2D eigenvalue weighted by Crippen LogP contribution is 2.06. The average molecular weight is 255 g/mol. The summed E-state index contributed by atoms with van der Waals surface area (Å²) in [5, 5.41) is 0. The molecule has 0 aliphatic rings. The maximum absolute atomic E-state index is 11.7. The summed E-state index contributed by atoms with van der Waals surface area (Å²) in [7, 11) is 0. The molecule has 6 heteroatoms. The summed E-state index contributed by atoms with van der Waals surface area (Å²) in [6.45, 7) is 0.636. The molecule has 18 heavy (non-hydrogen) atoms. The summed E-state index contributed by atoms with van der Waals surface area (Å²) in [5.41, 5.74) is 3.25. The maximum atomic E-state index is 11.7. The number of carbonyl (C=O) groups is 2. The van der Waals surface area contributed by atoms with Crippen molar-refractivity contribution in [3.8, 4) is 0 Å². The van der Waals surface area contributed by atoms with Crippen LogP contribution in [0, 0.1) is 0 Å². The predicted molar refractivity (Wildman–Crippen MR) is 61.3 cm³/mol. The third-order valence-corrected chi connectivity index (χ3v) is 2.00. The van der Waals surface area contributed by atoms with Crippen LogP contribution >= 0.6 is 0 Å². The Morgan fingerprint density at radius 3 is 2.50 bits per heavy atom. The highest BCUT2D eigenvalue weighted by molar-refractivity contribution is 5.93. The van der Waals surface area contributed by atoms with Gasteiger partial charge in [-0.1, -0.05) is 12.1 Å². The second kappa shape index (κ2) is 7.39. The number of amides is 1. The fourth-order valence-electron chi connectivity index (χ4n) is 1.15. The third kappa shape index (κ3) is 4.92. The van der Waals surface area contributed by atoms with Crippen molar-refractivity contribution < 1.29 is 23.6 Å². The van der Waals surface area contributed by atoms with E-state index in [0.717, 1.165) is 5.56 Å². The lowest BCUT2D eigenvalue weighted by Crippen LogP contribution is -2.24. The Kier molecular flexibility index (Phi) is 5.79. The van der Waals surface area contributed by atoms with E-state index in [0.29, 0.717) is 5.56 Å². The predicted octanol–water partition coefficient (Wildman–Crippen LogP) is 1.38. The van der Waals surface area contributed by atoms with E-state index in [1.54, 1.807) is 24.3 Å². The summed E-state index contributed by atoms with van der Waals surface area (Å²) in [5.74, 6) is -0.820. The van der Waals surface area contributed by atoms with Gasteiger partial charge in [-0.3, -0.25) is 14.4 Å². The number of ether oxygens (including phenoxy) is 1. The number of hydroxylamine groups is 1. The van der Waals surface area contributed by atoms with Crippen LogP contribution in [0.5, 0.6) is 0 Å². The number of rotatable bonds is 6. The Balaban J connectivity index is 2.48. The van der Waals surface area contributed by atoms with Crippen LogP contribution < -0.4 is 5.48 Å². The van der Waals surface area contributed by atoms with E-state index in [1.807, 2.05) is 0 Å². The molecule has 0 bridgehead atoms. The molecule has 0 aliphatic heterocycles. The number of alkyl halides is 1. The molecule has 1 amide bonds. The Morgan fingerprint density at radius 1 is 1.28 bits per heavy atom. The first-order valence-corrected chi connectivity index (χ1v) is 5.34. The zero-order valence-electron chi connectivity index (χ0n) is 9.94. The van der Waals surface area contributed by atoms with Crippen LogP contribution in [0.25, 0.3) is 0 Å². The van der Waals surface area contributed by atoms with Crippen LogP contribution in [0.15, 0.2) is 24.3 Å². The van der Waals surface area contributed by atoms with E-state index in [9.17, 15) is 14.0 Å². The van der Waals surface area contributed by atoms with Crippen molar-refractivity contribution in [1.82, 2.24) is 5.48 Å². The number of nitrogens with one attached hydrogen (secondary N) is 1. The first kappa shape index (κ1) is 14.1. The summed E-state index contributed by atoms with van der Waals surface area (Å²) in [4.78, 5) is 26.6. The highest BCUT2D eigenvalue weighted by atomic mass is 19.1. The molecule has 0 saturated heterocycles. The summed E-state index contributed by atoms with van der Waals surface area (Å²) in [6, 6.07) is 6.44. The van der Waals surface area contributed by atoms with Crippen molar-refractivity contribution in [2.24, 2.45) is 0 Å². The van der Waals surface area contributed by atoms with Crippen LogP contribution in [-0.4, -0.2) is 25.2 Å². The molecule has 0 atom stereocenters. The number of carbonyl (C=O) groups excluding carboxylic acids is 2. The van der Waals surface area contributed by atoms with Crippen molar-refractivity contribution in [2.45, 2.75) is 13.5 Å². The van der Waals surface area contributed by atoms with Crippen LogP contribution in [0.3, 0.4) is 0 Å². The number of esters is 1. The second-order valence-corrected chi connectivity index (χ2v) is 3.45. The normalized spacial score (nSPS) is 9.89. The molecule has 0 radical (unpaired) electrons. The highest BCUT2D eigenvalue weighted by Gasteiger charge is 2.05. The smallest absolute Gasteiger partial charge is 0.302 e. The van der Waals surface area contributed by atoms with Gasteiger partial charge >= 0.3 is 5.97 Å². The van der Waals surface area contributed by atoms with E-state index in [1.165, 1.54) is 6.92 Å². The van der Waals surface area contributed by atoms with E-state index in [2.05, 4.69) is 10.3 Å². The van der Waals surface area contributed by atoms with Crippen molar-refractivity contribution in [3.05, 3.63) is 35.4 Å². The Morgan fingerprint density at radius 2 is 1.94 bits per heavy atom. The largest absolute Gasteiger partial charge is 0.461 e. The number of benzene rings is 1. The van der Waals surface area contributed by atoms with Gasteiger partial charge in [-0.2, -0.15) is 0 Å². The molecule has 0 aliphatic carbocycles. The first-order chi connectivity index (χ1) is 8.63. The molecule has 98 valence electrons. The minimum absolute atomic E-state index is 0.162. The SMILES string of the molecule is CC(=O)OCc1ccc(C(=O)NOCCF)cc1. The zero-order chi connectivity index (χ0) is 13.4. The quantitative estimate of drug-likeness (QED) is 0.474. The second-order valence-electron chi connectivity index (χ2n) is 3.45. The monoisotopic (exact) mass is 255 g/mol. The Bertz CT molecular complexity index is 405. The van der Waals surface area contributed by atoms with Gasteiger partial charge in [-0.25, -0.2) is 9.87 Å². The molecule has 0 spiro atoms. The maximum Gasteiger partial charge on any atom is 0.302 e. The van der Waals surface area contributed by atoms with E-state index >= 15 is 0 Å². The van der Waals surface area contributed by atoms with Crippen LogP contribution in [0.1, 0.15) is 22.8 Å². The lowest BCUT2D eigenvalue weighted by atomic mass is 10.1. The van der Waals surface area contributed by atoms with Crippen molar-refractivity contribution >= 4 is 11.9 Å². The Labute approximate surface area is 104 Å². The first-order valence-electron chi connectivity index (χ1n) is 5.34. The van der Waals surface area contributed by atoms with Crippen LogP contribution in [0.2, 0.25) is 0 Å². The van der Waals surface area contributed by atoms with Gasteiger partial charge < -0.3 is 4.74 Å². The van der Waals surface area contributed by atoms with Crippen LogP contribution in [-0.2, 0) is 21.0 Å². The fraction of sp³-hybridized carbons (Fsp3) is 0.333. The minimum atomic E-state index is -0.665. The summed E-state index contributed by atoms with van der Waals surface area (Å²) in [6.07, 6.45) is 0. The molecule has 0 unspecified atom stereocenters. The number of hydrogen-bond donors (Lipinski definition) is 1. The van der Waals surface area contributed by atoms with E-state index < -0.39 is 12.6 Å². The van der Waals surface area contributed by atoms with Crippen molar-refractivity contribution in [1.29, 1.82) is 0 Å². The molecule has 0 fully saturated rings. The molecular weight excluding hydrogens is 241 g/mol. The zero-order valence-corrected chi connectivity index (χ0v) is 9.94. The molecule has 0 aromatic heterocycles. The number of halogens is 1. The van der Waals surface area contributed by atoms with Gasteiger partial charge in [0, 0.05) is 12.5 Å². The van der Waals surface area contributed by atoms with E-state index in [-0.39, 0.29) is 19.2 Å². The molecule has 1 aromatic carbocycles. The van der Waals surface area contributed by atoms with E-state index in [4.69, 9.17) is 4.74 Å². The topological polar surface area (TPSA) is 64.6 Å². The molecule has 1 aromatic rings. The molecule has 1 rings (SSSR count). The lowest BCUT2D eigenvalue weighted by Gasteiger charge is -2.05. The van der Waals surface area contributed by atoms with Gasteiger partial charge in [-0.05, 0) is 17.7 Å². The molecular formula is C12H14FNO4. The lowest BCUT2D eigenvalue weighted by molar-refractivity contribution is -0.142. The average Bonchev–Trinajstić information content (AvgIpc) is 2.37. The summed E-state index contributed by atoms with van der Waals surface area (Å²) < 4.78 is 16.5. The van der Waals surface area contributed by atoms with Gasteiger partial charge in [0.05, 0.1) is 0 Å². The van der Waals surface area contributed by atoms with Gasteiger partial charge in [0.15, 0.2) is 0 Å². The van der Waals surface area contributed by atoms with Crippen molar-refractivity contribution in [2.75, 3.05) is 13.3 Å². The van der Waals surface area contributed by atoms with Gasteiger partial charge in [0.1, 0.15) is 19.9 Å². The Hall–Kier alpha value is -1.95. The standard InChI is InChI=1S/C12H14FNO4/c1-9(15)17-8-10-2-4-11(5-3-10)12(16)14-18-7-6-13/h2-5H,6-8H2,1H3,(H,14,16). The molecule has 0 saturated carbocycles.